The monoisotopic (exact) mass is 247 g/mol. The van der Waals surface area contributed by atoms with Crippen molar-refractivity contribution in [2.75, 3.05) is 12.0 Å². The number of methoxy groups -OCH3 is 1. The van der Waals surface area contributed by atoms with Crippen molar-refractivity contribution in [1.29, 1.82) is 0 Å². The summed E-state index contributed by atoms with van der Waals surface area (Å²) in [6, 6.07) is 8.44. The van der Waals surface area contributed by atoms with E-state index in [-0.39, 0.29) is 5.91 Å². The minimum absolute atomic E-state index is 0.244. The van der Waals surface area contributed by atoms with E-state index in [2.05, 4.69) is 13.8 Å². The maximum Gasteiger partial charge on any atom is 0.227 e. The molecule has 0 saturated carbocycles. The average molecular weight is 247 g/mol. The van der Waals surface area contributed by atoms with Gasteiger partial charge in [0.15, 0.2) is 0 Å². The van der Waals surface area contributed by atoms with Crippen molar-refractivity contribution >= 4 is 11.6 Å². The molecule has 0 aliphatic carbocycles. The van der Waals surface area contributed by atoms with Gasteiger partial charge >= 0.3 is 0 Å². The van der Waals surface area contributed by atoms with E-state index >= 15 is 0 Å². The summed E-state index contributed by atoms with van der Waals surface area (Å²) in [5, 5.41) is 0. The third kappa shape index (κ3) is 2.56. The number of carbonyl (C=O) groups is 1. The Morgan fingerprint density at radius 1 is 1.33 bits per heavy atom. The third-order valence-electron chi connectivity index (χ3n) is 3.55. The Labute approximate surface area is 109 Å². The van der Waals surface area contributed by atoms with Crippen molar-refractivity contribution in [3.8, 4) is 0 Å². The normalized spacial score (nSPS) is 19.9. The lowest BCUT2D eigenvalue weighted by atomic mass is 10.0. The molecule has 3 heteroatoms. The van der Waals surface area contributed by atoms with Crippen LogP contribution in [0, 0.1) is 5.92 Å². The van der Waals surface area contributed by atoms with E-state index in [9.17, 15) is 4.79 Å². The molecule has 98 valence electrons. The predicted octanol–water partition coefficient (Wildman–Crippen LogP) is 2.98. The van der Waals surface area contributed by atoms with Crippen molar-refractivity contribution in [3.63, 3.8) is 0 Å². The second kappa shape index (κ2) is 5.53. The van der Waals surface area contributed by atoms with Crippen LogP contribution in [0.4, 0.5) is 5.69 Å². The molecular formula is C15H21NO2. The minimum Gasteiger partial charge on any atom is -0.380 e. The fourth-order valence-electron chi connectivity index (χ4n) is 2.59. The molecule has 1 aromatic rings. The number of ether oxygens (including phenoxy) is 1. The van der Waals surface area contributed by atoms with Crippen molar-refractivity contribution < 1.29 is 9.53 Å². The van der Waals surface area contributed by atoms with E-state index in [1.807, 2.05) is 29.2 Å². The molecule has 1 aromatic carbocycles. The Morgan fingerprint density at radius 2 is 2.00 bits per heavy atom. The maximum atomic E-state index is 12.0. The van der Waals surface area contributed by atoms with Crippen LogP contribution in [0.5, 0.6) is 0 Å². The zero-order valence-corrected chi connectivity index (χ0v) is 11.3. The van der Waals surface area contributed by atoms with Crippen LogP contribution in [0.3, 0.4) is 0 Å². The molecule has 0 N–H and O–H groups in total. The van der Waals surface area contributed by atoms with E-state index in [1.54, 1.807) is 7.11 Å². The van der Waals surface area contributed by atoms with Gasteiger partial charge in [-0.1, -0.05) is 26.0 Å². The van der Waals surface area contributed by atoms with Gasteiger partial charge in [-0.3, -0.25) is 4.79 Å². The number of anilines is 1. The van der Waals surface area contributed by atoms with Gasteiger partial charge in [-0.15, -0.1) is 0 Å². The molecule has 0 radical (unpaired) electrons. The largest absolute Gasteiger partial charge is 0.380 e. The van der Waals surface area contributed by atoms with Crippen LogP contribution in [-0.4, -0.2) is 19.1 Å². The smallest absolute Gasteiger partial charge is 0.227 e. The lowest BCUT2D eigenvalue weighted by Crippen LogP contribution is -2.36. The highest BCUT2D eigenvalue weighted by atomic mass is 16.5. The molecule has 0 bridgehead atoms. The van der Waals surface area contributed by atoms with Gasteiger partial charge in [0, 0.05) is 25.3 Å². The van der Waals surface area contributed by atoms with Gasteiger partial charge in [0.25, 0.3) is 0 Å². The second-order valence-electron chi connectivity index (χ2n) is 5.21. The van der Waals surface area contributed by atoms with Gasteiger partial charge in [-0.25, -0.2) is 0 Å². The average Bonchev–Trinajstić information content (AvgIpc) is 2.73. The summed E-state index contributed by atoms with van der Waals surface area (Å²) in [5.74, 6) is 0.739. The number of nitrogens with zero attached hydrogens (tertiary/aromatic N) is 1. The zero-order chi connectivity index (χ0) is 13.1. The predicted molar refractivity (Wildman–Crippen MR) is 72.5 cm³/mol. The molecule has 2 rings (SSSR count). The lowest BCUT2D eigenvalue weighted by molar-refractivity contribution is -0.117. The van der Waals surface area contributed by atoms with Crippen LogP contribution in [0.15, 0.2) is 24.3 Å². The van der Waals surface area contributed by atoms with E-state index in [4.69, 9.17) is 4.74 Å². The molecule has 0 aromatic heterocycles. The fourth-order valence-corrected chi connectivity index (χ4v) is 2.59. The van der Waals surface area contributed by atoms with Crippen molar-refractivity contribution in [3.05, 3.63) is 29.8 Å². The van der Waals surface area contributed by atoms with Gasteiger partial charge in [0.1, 0.15) is 0 Å². The Bertz CT molecular complexity index is 411. The molecule has 1 aliphatic heterocycles. The van der Waals surface area contributed by atoms with E-state index in [0.29, 0.717) is 25.0 Å². The molecular weight excluding hydrogens is 226 g/mol. The summed E-state index contributed by atoms with van der Waals surface area (Å²) in [5.41, 5.74) is 2.14. The first-order valence-electron chi connectivity index (χ1n) is 6.53. The first kappa shape index (κ1) is 13.1. The van der Waals surface area contributed by atoms with Gasteiger partial charge in [0.05, 0.1) is 6.61 Å². The highest BCUT2D eigenvalue weighted by molar-refractivity contribution is 5.96. The summed E-state index contributed by atoms with van der Waals surface area (Å²) in [7, 11) is 1.69. The summed E-state index contributed by atoms with van der Waals surface area (Å²) >= 11 is 0. The third-order valence-corrected chi connectivity index (χ3v) is 3.55. The molecule has 1 atom stereocenters. The topological polar surface area (TPSA) is 29.5 Å². The summed E-state index contributed by atoms with van der Waals surface area (Å²) in [6.07, 6.45) is 1.64. The first-order chi connectivity index (χ1) is 8.63. The number of hydrogen-bond donors (Lipinski definition) is 0. The molecule has 1 unspecified atom stereocenters. The van der Waals surface area contributed by atoms with Gasteiger partial charge in [-0.05, 0) is 30.0 Å². The molecule has 1 fully saturated rings. The summed E-state index contributed by atoms with van der Waals surface area (Å²) < 4.78 is 5.09. The standard InChI is InChI=1S/C15H21NO2/c1-11(2)14-8-9-15(17)16(14)13-6-4-12(5-7-13)10-18-3/h4-7,11,14H,8-10H2,1-3H3. The van der Waals surface area contributed by atoms with Crippen molar-refractivity contribution in [2.24, 2.45) is 5.92 Å². The molecule has 0 spiro atoms. The maximum absolute atomic E-state index is 12.0. The molecule has 1 amide bonds. The molecule has 1 heterocycles. The molecule has 1 aliphatic rings. The van der Waals surface area contributed by atoms with Crippen molar-refractivity contribution in [2.45, 2.75) is 39.3 Å². The van der Waals surface area contributed by atoms with Crippen LogP contribution in [-0.2, 0) is 16.1 Å². The van der Waals surface area contributed by atoms with Gasteiger partial charge < -0.3 is 9.64 Å². The van der Waals surface area contributed by atoms with Crippen molar-refractivity contribution in [1.82, 2.24) is 0 Å². The molecule has 18 heavy (non-hydrogen) atoms. The number of hydrogen-bond acceptors (Lipinski definition) is 2. The number of rotatable bonds is 4. The Kier molecular flexibility index (Phi) is 4.02. The van der Waals surface area contributed by atoms with Crippen LogP contribution in [0.2, 0.25) is 0 Å². The minimum atomic E-state index is 0.244. The first-order valence-corrected chi connectivity index (χ1v) is 6.53. The molecule has 3 nitrogen and oxygen atoms in total. The van der Waals surface area contributed by atoms with Gasteiger partial charge in [-0.2, -0.15) is 0 Å². The fraction of sp³-hybridized carbons (Fsp3) is 0.533. The summed E-state index contributed by atoms with van der Waals surface area (Å²) in [4.78, 5) is 14.0. The quantitative estimate of drug-likeness (QED) is 0.818. The van der Waals surface area contributed by atoms with Crippen LogP contribution in [0.25, 0.3) is 0 Å². The highest BCUT2D eigenvalue weighted by Crippen LogP contribution is 2.30. The van der Waals surface area contributed by atoms with E-state index in [1.165, 1.54) is 0 Å². The van der Waals surface area contributed by atoms with Gasteiger partial charge in [0.2, 0.25) is 5.91 Å². The van der Waals surface area contributed by atoms with E-state index in [0.717, 1.165) is 17.7 Å². The lowest BCUT2D eigenvalue weighted by Gasteiger charge is -2.28. The second-order valence-corrected chi connectivity index (χ2v) is 5.21. The highest BCUT2D eigenvalue weighted by Gasteiger charge is 2.33. The van der Waals surface area contributed by atoms with Crippen LogP contribution >= 0.6 is 0 Å². The summed E-state index contributed by atoms with van der Waals surface area (Å²) in [6.45, 7) is 4.97. The molecule has 1 saturated heterocycles. The number of carbonyl (C=O) groups excluding carboxylic acids is 1. The number of amides is 1. The Morgan fingerprint density at radius 3 is 2.56 bits per heavy atom. The zero-order valence-electron chi connectivity index (χ0n) is 11.3. The Hall–Kier alpha value is -1.35. The van der Waals surface area contributed by atoms with Crippen LogP contribution in [0.1, 0.15) is 32.3 Å². The Balaban J connectivity index is 2.20. The number of benzene rings is 1. The SMILES string of the molecule is COCc1ccc(N2C(=O)CCC2C(C)C)cc1. The van der Waals surface area contributed by atoms with Crippen LogP contribution < -0.4 is 4.90 Å². The van der Waals surface area contributed by atoms with E-state index < -0.39 is 0 Å².